The maximum absolute atomic E-state index is 13.5. The van der Waals surface area contributed by atoms with Gasteiger partial charge >= 0.3 is 0 Å². The molecule has 0 aliphatic carbocycles. The summed E-state index contributed by atoms with van der Waals surface area (Å²) in [5.41, 5.74) is 5.78. The number of carbonyl (C=O) groups excluding carboxylic acids is 2. The number of thioether (sulfide) groups is 1. The van der Waals surface area contributed by atoms with Crippen LogP contribution in [0.4, 0.5) is 11.6 Å². The maximum Gasteiger partial charge on any atom is 0.255 e. The minimum absolute atomic E-state index is 0.0121. The minimum Gasteiger partial charge on any atom is -0.328 e. The number of allylic oxidation sites excluding steroid dienone is 1. The molecule has 0 saturated heterocycles. The quantitative estimate of drug-likeness (QED) is 0.242. The van der Waals surface area contributed by atoms with E-state index in [1.54, 1.807) is 4.68 Å². The first-order valence-electron chi connectivity index (χ1n) is 12.0. The molecule has 186 valence electrons. The fourth-order valence-corrected chi connectivity index (χ4v) is 4.94. The van der Waals surface area contributed by atoms with Crippen LogP contribution < -0.4 is 10.6 Å². The van der Waals surface area contributed by atoms with Gasteiger partial charge in [-0.05, 0) is 38.5 Å². The lowest BCUT2D eigenvalue weighted by Gasteiger charge is -2.28. The molecular formula is C29H27N5O2S. The van der Waals surface area contributed by atoms with Crippen molar-refractivity contribution >= 4 is 35.1 Å². The van der Waals surface area contributed by atoms with E-state index in [2.05, 4.69) is 15.6 Å². The monoisotopic (exact) mass is 509 g/mol. The Kier molecular flexibility index (Phi) is 6.92. The molecule has 37 heavy (non-hydrogen) atoms. The third-order valence-corrected chi connectivity index (χ3v) is 7.05. The number of hydrogen-bond donors (Lipinski definition) is 2. The van der Waals surface area contributed by atoms with Gasteiger partial charge < -0.3 is 10.6 Å². The molecule has 7 nitrogen and oxygen atoms in total. The zero-order valence-electron chi connectivity index (χ0n) is 20.9. The highest BCUT2D eigenvalue weighted by Gasteiger charge is 2.34. The Hall–Kier alpha value is -4.17. The van der Waals surface area contributed by atoms with E-state index < -0.39 is 6.04 Å². The summed E-state index contributed by atoms with van der Waals surface area (Å²) in [5, 5.41) is 11.4. The van der Waals surface area contributed by atoms with Crippen molar-refractivity contribution in [2.24, 2.45) is 0 Å². The lowest BCUT2D eigenvalue weighted by atomic mass is 9.94. The van der Waals surface area contributed by atoms with Crippen LogP contribution in [0, 0.1) is 13.8 Å². The number of anilines is 2. The van der Waals surface area contributed by atoms with E-state index >= 15 is 0 Å². The van der Waals surface area contributed by atoms with E-state index in [0.29, 0.717) is 33.6 Å². The second-order valence-electron chi connectivity index (χ2n) is 9.04. The van der Waals surface area contributed by atoms with Gasteiger partial charge in [0, 0.05) is 16.9 Å². The van der Waals surface area contributed by atoms with Gasteiger partial charge in [-0.15, -0.1) is 5.10 Å². The lowest BCUT2D eigenvalue weighted by Crippen LogP contribution is -2.31. The summed E-state index contributed by atoms with van der Waals surface area (Å²) in [7, 11) is 0. The third kappa shape index (κ3) is 5.34. The Labute approximate surface area is 220 Å². The zero-order chi connectivity index (χ0) is 25.9. The maximum atomic E-state index is 13.5. The molecular weight excluding hydrogens is 482 g/mol. The van der Waals surface area contributed by atoms with E-state index in [1.807, 2.05) is 99.6 Å². The number of ketones is 1. The molecule has 2 heterocycles. The van der Waals surface area contributed by atoms with E-state index in [9.17, 15) is 9.59 Å². The Balaban J connectivity index is 1.44. The van der Waals surface area contributed by atoms with Gasteiger partial charge in [0.05, 0.1) is 11.3 Å². The number of para-hydroxylation sites is 1. The van der Waals surface area contributed by atoms with Gasteiger partial charge in [-0.25, -0.2) is 4.68 Å². The van der Waals surface area contributed by atoms with Crippen molar-refractivity contribution in [1.29, 1.82) is 0 Å². The number of aryl methyl sites for hydroxylation is 2. The van der Waals surface area contributed by atoms with Crippen molar-refractivity contribution < 1.29 is 9.59 Å². The summed E-state index contributed by atoms with van der Waals surface area (Å²) in [5.74, 6) is 0.546. The molecule has 5 rings (SSSR count). The first-order valence-corrected chi connectivity index (χ1v) is 13.0. The van der Waals surface area contributed by atoms with Crippen LogP contribution in [0.2, 0.25) is 0 Å². The minimum atomic E-state index is -0.477. The number of nitrogens with zero attached hydrogens (tertiary/aromatic N) is 3. The number of amides is 1. The molecule has 0 bridgehead atoms. The van der Waals surface area contributed by atoms with Gasteiger partial charge in [0.15, 0.2) is 5.78 Å². The molecule has 1 amide bonds. The van der Waals surface area contributed by atoms with Crippen LogP contribution in [0.15, 0.2) is 95.3 Å². The number of carbonyl (C=O) groups is 2. The molecule has 0 saturated carbocycles. The molecule has 1 aromatic heterocycles. The summed E-state index contributed by atoms with van der Waals surface area (Å²) < 4.78 is 1.73. The number of Topliss-reactive ketones (excluding diaryl/α,β-unsaturated/α-hetero) is 1. The standard InChI is InChI=1S/C29H27N5O2S/c1-18-9-13-21(14-10-18)24(35)17-37-29-32-28-30-20(3)25(27(36)31-23-7-5-4-6-8-23)26(34(28)33-29)22-15-11-19(2)12-16-22/h4-16,26H,17H2,1-3H3,(H,31,36)(H,30,32,33)/t26-/m1/s1. The van der Waals surface area contributed by atoms with Gasteiger partial charge in [-0.1, -0.05) is 89.6 Å². The van der Waals surface area contributed by atoms with E-state index in [4.69, 9.17) is 5.10 Å². The molecule has 1 aliphatic heterocycles. The first-order chi connectivity index (χ1) is 17.9. The normalized spacial score (nSPS) is 14.6. The molecule has 0 spiro atoms. The number of aromatic nitrogens is 3. The number of hydrogen-bond acceptors (Lipinski definition) is 6. The predicted molar refractivity (Wildman–Crippen MR) is 147 cm³/mol. The van der Waals surface area contributed by atoms with E-state index in [-0.39, 0.29) is 17.4 Å². The fourth-order valence-electron chi connectivity index (χ4n) is 4.22. The third-order valence-electron chi connectivity index (χ3n) is 6.21. The van der Waals surface area contributed by atoms with Crippen LogP contribution in [0.25, 0.3) is 0 Å². The smallest absolute Gasteiger partial charge is 0.255 e. The molecule has 2 N–H and O–H groups in total. The van der Waals surface area contributed by atoms with Crippen LogP contribution >= 0.6 is 11.8 Å². The topological polar surface area (TPSA) is 88.9 Å². The highest BCUT2D eigenvalue weighted by molar-refractivity contribution is 7.99. The van der Waals surface area contributed by atoms with Crippen molar-refractivity contribution in [3.05, 3.63) is 112 Å². The number of rotatable bonds is 7. The van der Waals surface area contributed by atoms with Crippen molar-refractivity contribution in [3.63, 3.8) is 0 Å². The van der Waals surface area contributed by atoms with Gasteiger partial charge in [-0.2, -0.15) is 4.98 Å². The highest BCUT2D eigenvalue weighted by atomic mass is 32.2. The SMILES string of the molecule is CC1=C(C(=O)Nc2ccccc2)[C@@H](c2ccc(C)cc2)n2nc(SCC(=O)c3ccc(C)cc3)nc2N1. The lowest BCUT2D eigenvalue weighted by molar-refractivity contribution is -0.113. The molecule has 3 aromatic carbocycles. The number of benzene rings is 3. The molecule has 0 fully saturated rings. The van der Waals surface area contributed by atoms with Crippen LogP contribution in [0.3, 0.4) is 0 Å². The van der Waals surface area contributed by atoms with Gasteiger partial charge in [0.2, 0.25) is 11.1 Å². The summed E-state index contributed by atoms with van der Waals surface area (Å²) in [4.78, 5) is 30.9. The fraction of sp³-hybridized carbons (Fsp3) is 0.172. The first kappa shape index (κ1) is 24.5. The van der Waals surface area contributed by atoms with Crippen LogP contribution in [0.1, 0.15) is 40.0 Å². The molecule has 4 aromatic rings. The van der Waals surface area contributed by atoms with E-state index in [0.717, 1.165) is 16.7 Å². The Morgan fingerprint density at radius 1 is 0.919 bits per heavy atom. The highest BCUT2D eigenvalue weighted by Crippen LogP contribution is 2.37. The van der Waals surface area contributed by atoms with Crippen molar-refractivity contribution in [2.75, 3.05) is 16.4 Å². The summed E-state index contributed by atoms with van der Waals surface area (Å²) in [6.07, 6.45) is 0. The summed E-state index contributed by atoms with van der Waals surface area (Å²) in [6, 6.07) is 24.5. The average Bonchev–Trinajstić information content (AvgIpc) is 3.30. The largest absolute Gasteiger partial charge is 0.328 e. The second-order valence-corrected chi connectivity index (χ2v) is 9.98. The van der Waals surface area contributed by atoms with Crippen molar-refractivity contribution in [3.8, 4) is 0 Å². The molecule has 1 aliphatic rings. The Bertz CT molecular complexity index is 1480. The average molecular weight is 510 g/mol. The van der Waals surface area contributed by atoms with Gasteiger partial charge in [0.1, 0.15) is 6.04 Å². The van der Waals surface area contributed by atoms with Crippen LogP contribution in [-0.2, 0) is 4.79 Å². The van der Waals surface area contributed by atoms with Gasteiger partial charge in [0.25, 0.3) is 5.91 Å². The summed E-state index contributed by atoms with van der Waals surface area (Å²) >= 11 is 1.28. The second kappa shape index (κ2) is 10.4. The van der Waals surface area contributed by atoms with Crippen molar-refractivity contribution in [2.45, 2.75) is 32.0 Å². The van der Waals surface area contributed by atoms with Crippen LogP contribution in [0.5, 0.6) is 0 Å². The molecule has 1 atom stereocenters. The van der Waals surface area contributed by atoms with Crippen molar-refractivity contribution in [1.82, 2.24) is 14.8 Å². The Morgan fingerprint density at radius 3 is 2.24 bits per heavy atom. The molecule has 0 unspecified atom stereocenters. The predicted octanol–water partition coefficient (Wildman–Crippen LogP) is 5.80. The summed E-state index contributed by atoms with van der Waals surface area (Å²) in [6.45, 7) is 5.88. The Morgan fingerprint density at radius 2 is 1.57 bits per heavy atom. The molecule has 0 radical (unpaired) electrons. The van der Waals surface area contributed by atoms with Crippen LogP contribution in [-0.4, -0.2) is 32.2 Å². The molecule has 8 heteroatoms. The number of fused-ring (bicyclic) bond motifs is 1. The van der Waals surface area contributed by atoms with Gasteiger partial charge in [-0.3, -0.25) is 9.59 Å². The number of nitrogens with one attached hydrogen (secondary N) is 2. The van der Waals surface area contributed by atoms with E-state index in [1.165, 1.54) is 11.8 Å². The zero-order valence-corrected chi connectivity index (χ0v) is 21.7.